The van der Waals surface area contributed by atoms with E-state index in [0.29, 0.717) is 5.69 Å². The Labute approximate surface area is 166 Å². The first kappa shape index (κ1) is 17.2. The summed E-state index contributed by atoms with van der Waals surface area (Å²) in [5, 5.41) is 16.2. The van der Waals surface area contributed by atoms with Gasteiger partial charge in [0, 0.05) is 43.7 Å². The molecule has 1 fully saturated rings. The molecule has 0 spiro atoms. The van der Waals surface area contributed by atoms with E-state index in [2.05, 4.69) is 41.7 Å². The van der Waals surface area contributed by atoms with Crippen molar-refractivity contribution in [3.8, 4) is 0 Å². The van der Waals surface area contributed by atoms with Crippen LogP contribution in [-0.4, -0.2) is 47.3 Å². The van der Waals surface area contributed by atoms with Gasteiger partial charge in [-0.15, -0.1) is 11.3 Å². The largest absolute Gasteiger partial charge is 0.367 e. The molecule has 5 rings (SSSR count). The monoisotopic (exact) mass is 395 g/mol. The summed E-state index contributed by atoms with van der Waals surface area (Å²) in [6.45, 7) is 5.27. The lowest BCUT2D eigenvalue weighted by atomic mass is 10.2. The van der Waals surface area contributed by atoms with Crippen LogP contribution < -0.4 is 20.4 Å². The average molecular weight is 395 g/mol. The molecule has 0 aliphatic carbocycles. The number of piperazine rings is 1. The Morgan fingerprint density at radius 2 is 2.00 bits per heavy atom. The van der Waals surface area contributed by atoms with Crippen molar-refractivity contribution in [1.82, 2.24) is 20.5 Å². The highest BCUT2D eigenvalue weighted by Gasteiger charge is 2.24. The first-order chi connectivity index (χ1) is 13.8. The van der Waals surface area contributed by atoms with Gasteiger partial charge in [0.1, 0.15) is 5.69 Å². The summed E-state index contributed by atoms with van der Waals surface area (Å²) in [5.41, 5.74) is 4.63. The van der Waals surface area contributed by atoms with Crippen LogP contribution in [0, 0.1) is 0 Å². The van der Waals surface area contributed by atoms with Crippen LogP contribution in [0.4, 0.5) is 16.5 Å². The van der Waals surface area contributed by atoms with Crippen LogP contribution in [0.1, 0.15) is 21.7 Å². The Bertz CT molecular complexity index is 971. The maximum atomic E-state index is 12.8. The third-order valence-electron chi connectivity index (χ3n) is 5.12. The Morgan fingerprint density at radius 3 is 2.86 bits per heavy atom. The third-order valence-corrected chi connectivity index (χ3v) is 6.02. The first-order valence-corrected chi connectivity index (χ1v) is 10.2. The van der Waals surface area contributed by atoms with Crippen LogP contribution in [0.2, 0.25) is 0 Å². The van der Waals surface area contributed by atoms with Gasteiger partial charge in [0.15, 0.2) is 5.13 Å². The SMILES string of the molecule is O=C(Nc1ccccc1N1CCNCC1)c1csc(N2Cc3cn[nH]c3C2)n1. The summed E-state index contributed by atoms with van der Waals surface area (Å²) in [7, 11) is 0. The standard InChI is InChI=1S/C19H21N7OS/c27-18(22-14-3-1-2-4-17(14)25-7-5-20-6-8-25)16-12-28-19(23-16)26-10-13-9-21-24-15(13)11-26/h1-4,9,12,20H,5-8,10-11H2,(H,21,24)(H,22,27). The molecule has 9 heteroatoms. The molecule has 0 bridgehead atoms. The number of hydrogen-bond donors (Lipinski definition) is 3. The molecule has 1 aromatic carbocycles. The highest BCUT2D eigenvalue weighted by molar-refractivity contribution is 7.13. The minimum Gasteiger partial charge on any atom is -0.367 e. The van der Waals surface area contributed by atoms with Gasteiger partial charge in [-0.2, -0.15) is 5.10 Å². The van der Waals surface area contributed by atoms with Gasteiger partial charge in [-0.1, -0.05) is 12.1 Å². The zero-order valence-corrected chi connectivity index (χ0v) is 16.1. The van der Waals surface area contributed by atoms with Crippen molar-refractivity contribution in [2.45, 2.75) is 13.1 Å². The van der Waals surface area contributed by atoms with Crippen LogP contribution >= 0.6 is 11.3 Å². The molecular weight excluding hydrogens is 374 g/mol. The van der Waals surface area contributed by atoms with E-state index < -0.39 is 0 Å². The van der Waals surface area contributed by atoms with Crippen LogP contribution in [0.3, 0.4) is 0 Å². The summed E-state index contributed by atoms with van der Waals surface area (Å²) in [6, 6.07) is 7.95. The molecule has 0 radical (unpaired) electrons. The maximum absolute atomic E-state index is 12.8. The summed E-state index contributed by atoms with van der Waals surface area (Å²) in [4.78, 5) is 21.8. The molecule has 28 heavy (non-hydrogen) atoms. The number of nitrogens with one attached hydrogen (secondary N) is 3. The first-order valence-electron chi connectivity index (χ1n) is 9.35. The Morgan fingerprint density at radius 1 is 1.14 bits per heavy atom. The number of fused-ring (bicyclic) bond motifs is 1. The molecule has 1 amide bonds. The second-order valence-corrected chi connectivity index (χ2v) is 7.79. The average Bonchev–Trinajstić information content (AvgIpc) is 3.45. The quantitative estimate of drug-likeness (QED) is 0.627. The van der Waals surface area contributed by atoms with Gasteiger partial charge in [-0.25, -0.2) is 4.98 Å². The molecule has 8 nitrogen and oxygen atoms in total. The fourth-order valence-electron chi connectivity index (χ4n) is 3.66. The van der Waals surface area contributed by atoms with Gasteiger partial charge >= 0.3 is 0 Å². The molecule has 0 atom stereocenters. The maximum Gasteiger partial charge on any atom is 0.275 e. The lowest BCUT2D eigenvalue weighted by molar-refractivity contribution is 0.102. The second kappa shape index (κ2) is 7.25. The van der Waals surface area contributed by atoms with E-state index in [1.807, 2.05) is 29.8 Å². The lowest BCUT2D eigenvalue weighted by Crippen LogP contribution is -2.43. The van der Waals surface area contributed by atoms with E-state index in [1.54, 1.807) is 0 Å². The van der Waals surface area contributed by atoms with E-state index in [0.717, 1.165) is 61.5 Å². The number of nitrogens with zero attached hydrogens (tertiary/aromatic N) is 4. The molecular formula is C19H21N7OS. The summed E-state index contributed by atoms with van der Waals surface area (Å²) >= 11 is 1.49. The van der Waals surface area contributed by atoms with E-state index in [4.69, 9.17) is 0 Å². The van der Waals surface area contributed by atoms with Gasteiger partial charge in [-0.3, -0.25) is 9.89 Å². The molecule has 4 heterocycles. The van der Waals surface area contributed by atoms with Crippen molar-refractivity contribution < 1.29 is 4.79 Å². The van der Waals surface area contributed by atoms with Crippen LogP contribution in [0.15, 0.2) is 35.8 Å². The van der Waals surface area contributed by atoms with Crippen molar-refractivity contribution >= 4 is 33.8 Å². The number of carbonyl (C=O) groups is 1. The molecule has 3 N–H and O–H groups in total. The number of anilines is 3. The zero-order valence-electron chi connectivity index (χ0n) is 15.3. The predicted octanol–water partition coefficient (Wildman–Crippen LogP) is 2.05. The van der Waals surface area contributed by atoms with E-state index in [1.165, 1.54) is 16.9 Å². The number of aromatic nitrogens is 3. The highest BCUT2D eigenvalue weighted by Crippen LogP contribution is 2.30. The zero-order chi connectivity index (χ0) is 18.9. The molecule has 2 aromatic heterocycles. The minimum absolute atomic E-state index is 0.176. The molecule has 0 saturated carbocycles. The Kier molecular flexibility index (Phi) is 4.46. The fraction of sp³-hybridized carbons (Fsp3) is 0.316. The number of rotatable bonds is 4. The molecule has 1 saturated heterocycles. The number of para-hydroxylation sites is 2. The molecule has 2 aliphatic heterocycles. The van der Waals surface area contributed by atoms with Gasteiger partial charge in [0.05, 0.1) is 29.8 Å². The second-order valence-electron chi connectivity index (χ2n) is 6.95. The summed E-state index contributed by atoms with van der Waals surface area (Å²) in [6.07, 6.45) is 1.85. The normalized spacial score (nSPS) is 16.3. The van der Waals surface area contributed by atoms with Crippen LogP contribution in [0.5, 0.6) is 0 Å². The Hall–Kier alpha value is -2.91. The Balaban J connectivity index is 1.30. The van der Waals surface area contributed by atoms with Crippen molar-refractivity contribution in [3.05, 3.63) is 52.8 Å². The van der Waals surface area contributed by atoms with E-state index in [9.17, 15) is 4.79 Å². The number of benzene rings is 1. The predicted molar refractivity (Wildman–Crippen MR) is 110 cm³/mol. The van der Waals surface area contributed by atoms with Gasteiger partial charge in [-0.05, 0) is 12.1 Å². The van der Waals surface area contributed by atoms with Gasteiger partial charge < -0.3 is 20.4 Å². The smallest absolute Gasteiger partial charge is 0.275 e. The van der Waals surface area contributed by atoms with Crippen molar-refractivity contribution in [2.75, 3.05) is 41.3 Å². The van der Waals surface area contributed by atoms with Gasteiger partial charge in [0.2, 0.25) is 0 Å². The fourth-order valence-corrected chi connectivity index (χ4v) is 4.47. The number of aromatic amines is 1. The number of H-pyrrole nitrogens is 1. The molecule has 3 aromatic rings. The number of hydrogen-bond acceptors (Lipinski definition) is 7. The van der Waals surface area contributed by atoms with E-state index in [-0.39, 0.29) is 5.91 Å². The number of thiazole rings is 1. The molecule has 144 valence electrons. The van der Waals surface area contributed by atoms with Gasteiger partial charge in [0.25, 0.3) is 5.91 Å². The lowest BCUT2D eigenvalue weighted by Gasteiger charge is -2.31. The highest BCUT2D eigenvalue weighted by atomic mass is 32.1. The van der Waals surface area contributed by atoms with Crippen molar-refractivity contribution in [2.24, 2.45) is 0 Å². The van der Waals surface area contributed by atoms with Crippen LogP contribution in [-0.2, 0) is 13.1 Å². The van der Waals surface area contributed by atoms with Crippen molar-refractivity contribution in [1.29, 1.82) is 0 Å². The van der Waals surface area contributed by atoms with E-state index >= 15 is 0 Å². The number of amides is 1. The molecule has 2 aliphatic rings. The summed E-state index contributed by atoms with van der Waals surface area (Å²) < 4.78 is 0. The van der Waals surface area contributed by atoms with Crippen molar-refractivity contribution in [3.63, 3.8) is 0 Å². The third kappa shape index (κ3) is 3.23. The molecule has 0 unspecified atom stereocenters. The minimum atomic E-state index is -0.176. The van der Waals surface area contributed by atoms with Crippen LogP contribution in [0.25, 0.3) is 0 Å². The topological polar surface area (TPSA) is 89.2 Å². The number of carbonyl (C=O) groups excluding carboxylic acids is 1. The summed E-state index contributed by atoms with van der Waals surface area (Å²) in [5.74, 6) is -0.176.